The van der Waals surface area contributed by atoms with Crippen molar-refractivity contribution in [2.75, 3.05) is 45.1 Å². The monoisotopic (exact) mass is 313 g/mol. The summed E-state index contributed by atoms with van der Waals surface area (Å²) >= 11 is 2.10. The molecule has 0 aromatic heterocycles. The Morgan fingerprint density at radius 2 is 2.24 bits per heavy atom. The highest BCUT2D eigenvalue weighted by Crippen LogP contribution is 2.28. The largest absolute Gasteiger partial charge is 0.381 e. The van der Waals surface area contributed by atoms with Crippen molar-refractivity contribution in [1.29, 1.82) is 0 Å². The number of hydrogen-bond acceptors (Lipinski definition) is 3. The van der Waals surface area contributed by atoms with Crippen LogP contribution in [0.4, 0.5) is 0 Å². The predicted octanol–water partition coefficient (Wildman–Crippen LogP) is 2.60. The lowest BCUT2D eigenvalue weighted by Gasteiger charge is -2.34. The summed E-state index contributed by atoms with van der Waals surface area (Å²) in [7, 11) is 0. The normalized spacial score (nSPS) is 23.4. The van der Waals surface area contributed by atoms with Crippen LogP contribution in [-0.2, 0) is 4.74 Å². The summed E-state index contributed by atoms with van der Waals surface area (Å²) in [6, 6.07) is 0. The van der Waals surface area contributed by atoms with Crippen molar-refractivity contribution in [1.82, 2.24) is 10.2 Å². The van der Waals surface area contributed by atoms with E-state index in [9.17, 15) is 0 Å². The van der Waals surface area contributed by atoms with Crippen molar-refractivity contribution < 1.29 is 4.74 Å². The lowest BCUT2D eigenvalue weighted by atomic mass is 10.3. The van der Waals surface area contributed by atoms with Crippen LogP contribution in [-0.4, -0.2) is 61.3 Å². The molecule has 5 heteroatoms. The summed E-state index contributed by atoms with van der Waals surface area (Å²) in [5.41, 5.74) is 0. The SMILES string of the molecule is CCNC(=NCCCOCC1CC1)N1CCSC(CC)C1. The standard InChI is InChI=1S/C16H31N3OS/c1-3-15-12-19(9-11-21-15)16(17-4-2)18-8-5-10-20-13-14-6-7-14/h14-15H,3-13H2,1-2H3,(H,17,18). The summed E-state index contributed by atoms with van der Waals surface area (Å²) in [6.07, 6.45) is 5.01. The van der Waals surface area contributed by atoms with Gasteiger partial charge < -0.3 is 15.0 Å². The lowest BCUT2D eigenvalue weighted by Crippen LogP contribution is -2.48. The second-order valence-corrected chi connectivity index (χ2v) is 7.36. The Bertz CT molecular complexity index is 321. The summed E-state index contributed by atoms with van der Waals surface area (Å²) in [4.78, 5) is 7.21. The summed E-state index contributed by atoms with van der Waals surface area (Å²) in [5, 5.41) is 4.20. The Hall–Kier alpha value is -0.420. The molecule has 1 atom stereocenters. The fourth-order valence-electron chi connectivity index (χ4n) is 2.47. The van der Waals surface area contributed by atoms with Crippen LogP contribution in [0.5, 0.6) is 0 Å². The van der Waals surface area contributed by atoms with Crippen LogP contribution in [0.25, 0.3) is 0 Å². The molecule has 0 amide bonds. The van der Waals surface area contributed by atoms with Crippen molar-refractivity contribution in [3.05, 3.63) is 0 Å². The predicted molar refractivity (Wildman–Crippen MR) is 92.2 cm³/mol. The van der Waals surface area contributed by atoms with E-state index in [2.05, 4.69) is 35.8 Å². The van der Waals surface area contributed by atoms with Crippen molar-refractivity contribution in [3.8, 4) is 0 Å². The molecule has 0 spiro atoms. The maximum absolute atomic E-state index is 5.67. The van der Waals surface area contributed by atoms with E-state index >= 15 is 0 Å². The number of aliphatic imine (C=N–C) groups is 1. The number of thioether (sulfide) groups is 1. The number of nitrogens with one attached hydrogen (secondary N) is 1. The molecule has 1 saturated heterocycles. The zero-order valence-corrected chi connectivity index (χ0v) is 14.5. The third-order valence-corrected chi connectivity index (χ3v) is 5.36. The van der Waals surface area contributed by atoms with Crippen molar-refractivity contribution >= 4 is 17.7 Å². The molecule has 122 valence electrons. The molecule has 0 radical (unpaired) electrons. The Balaban J connectivity index is 1.69. The molecule has 2 rings (SSSR count). The second kappa shape index (κ2) is 9.57. The van der Waals surface area contributed by atoms with Crippen molar-refractivity contribution in [3.63, 3.8) is 0 Å². The highest BCUT2D eigenvalue weighted by molar-refractivity contribution is 8.00. The van der Waals surface area contributed by atoms with E-state index in [-0.39, 0.29) is 0 Å². The van der Waals surface area contributed by atoms with Gasteiger partial charge in [0, 0.05) is 50.4 Å². The summed E-state index contributed by atoms with van der Waals surface area (Å²) in [6.45, 7) is 10.3. The smallest absolute Gasteiger partial charge is 0.193 e. The van der Waals surface area contributed by atoms with Gasteiger partial charge in [0.1, 0.15) is 0 Å². The van der Waals surface area contributed by atoms with E-state index in [0.29, 0.717) is 0 Å². The first kappa shape index (κ1) is 16.9. The summed E-state index contributed by atoms with van der Waals surface area (Å²) < 4.78 is 5.67. The molecule has 1 N–H and O–H groups in total. The lowest BCUT2D eigenvalue weighted by molar-refractivity contribution is 0.123. The van der Waals surface area contributed by atoms with E-state index in [0.717, 1.165) is 62.9 Å². The molecule has 1 aliphatic heterocycles. The third-order valence-electron chi connectivity index (χ3n) is 3.99. The Labute approximate surface area is 134 Å². The van der Waals surface area contributed by atoms with Crippen molar-refractivity contribution in [2.45, 2.75) is 44.8 Å². The molecule has 2 aliphatic rings. The minimum absolute atomic E-state index is 0.754. The molecule has 1 saturated carbocycles. The van der Waals surface area contributed by atoms with Gasteiger partial charge in [-0.05, 0) is 38.5 Å². The third kappa shape index (κ3) is 6.47. The molecule has 21 heavy (non-hydrogen) atoms. The maximum atomic E-state index is 5.67. The second-order valence-electron chi connectivity index (χ2n) is 5.95. The Morgan fingerprint density at radius 3 is 2.95 bits per heavy atom. The molecule has 1 unspecified atom stereocenters. The Morgan fingerprint density at radius 1 is 1.38 bits per heavy atom. The van der Waals surface area contributed by atoms with Gasteiger partial charge in [0.25, 0.3) is 0 Å². The van der Waals surface area contributed by atoms with Crippen LogP contribution in [0.3, 0.4) is 0 Å². The molecule has 1 heterocycles. The molecule has 0 aromatic carbocycles. The van der Waals surface area contributed by atoms with Gasteiger partial charge in [0.2, 0.25) is 0 Å². The van der Waals surface area contributed by atoms with E-state index in [1.165, 1.54) is 25.0 Å². The summed E-state index contributed by atoms with van der Waals surface area (Å²) in [5.74, 6) is 3.18. The van der Waals surface area contributed by atoms with Gasteiger partial charge in [-0.1, -0.05) is 6.92 Å². The fourth-order valence-corrected chi connectivity index (χ4v) is 3.65. The van der Waals surface area contributed by atoms with Crippen LogP contribution < -0.4 is 5.32 Å². The van der Waals surface area contributed by atoms with Gasteiger partial charge in [-0.15, -0.1) is 0 Å². The van der Waals surface area contributed by atoms with Crippen LogP contribution in [0.15, 0.2) is 4.99 Å². The molecular weight excluding hydrogens is 282 g/mol. The average Bonchev–Trinajstić information content (AvgIpc) is 3.34. The van der Waals surface area contributed by atoms with Gasteiger partial charge in [0.15, 0.2) is 5.96 Å². The number of nitrogens with zero attached hydrogens (tertiary/aromatic N) is 2. The van der Waals surface area contributed by atoms with Gasteiger partial charge in [-0.25, -0.2) is 0 Å². The quantitative estimate of drug-likeness (QED) is 0.424. The molecule has 0 bridgehead atoms. The van der Waals surface area contributed by atoms with Crippen LogP contribution in [0, 0.1) is 5.92 Å². The molecule has 0 aromatic rings. The van der Waals surface area contributed by atoms with E-state index in [1.54, 1.807) is 0 Å². The topological polar surface area (TPSA) is 36.9 Å². The van der Waals surface area contributed by atoms with E-state index in [4.69, 9.17) is 9.73 Å². The molecular formula is C16H31N3OS. The molecule has 1 aliphatic carbocycles. The van der Waals surface area contributed by atoms with Crippen LogP contribution in [0.1, 0.15) is 39.5 Å². The minimum atomic E-state index is 0.754. The molecule has 4 nitrogen and oxygen atoms in total. The van der Waals surface area contributed by atoms with Crippen molar-refractivity contribution in [2.24, 2.45) is 10.9 Å². The van der Waals surface area contributed by atoms with Crippen LogP contribution in [0.2, 0.25) is 0 Å². The van der Waals surface area contributed by atoms with E-state index < -0.39 is 0 Å². The first-order valence-corrected chi connectivity index (χ1v) is 9.61. The Kier molecular flexibility index (Phi) is 7.72. The first-order chi connectivity index (χ1) is 10.3. The minimum Gasteiger partial charge on any atom is -0.381 e. The number of hydrogen-bond donors (Lipinski definition) is 1. The number of rotatable bonds is 8. The highest BCUT2D eigenvalue weighted by atomic mass is 32.2. The van der Waals surface area contributed by atoms with Gasteiger partial charge in [-0.2, -0.15) is 11.8 Å². The van der Waals surface area contributed by atoms with Crippen LogP contribution >= 0.6 is 11.8 Å². The average molecular weight is 314 g/mol. The number of guanidine groups is 1. The van der Waals surface area contributed by atoms with Gasteiger partial charge in [0.05, 0.1) is 0 Å². The zero-order valence-electron chi connectivity index (χ0n) is 13.6. The first-order valence-electron chi connectivity index (χ1n) is 8.56. The maximum Gasteiger partial charge on any atom is 0.193 e. The molecule has 2 fully saturated rings. The van der Waals surface area contributed by atoms with Gasteiger partial charge in [-0.3, -0.25) is 4.99 Å². The zero-order chi connectivity index (χ0) is 14.9. The fraction of sp³-hybridized carbons (Fsp3) is 0.938. The highest BCUT2D eigenvalue weighted by Gasteiger charge is 2.22. The van der Waals surface area contributed by atoms with E-state index in [1.807, 2.05) is 0 Å². The van der Waals surface area contributed by atoms with Gasteiger partial charge >= 0.3 is 0 Å². The number of ether oxygens (including phenoxy) is 1.